The zero-order chi connectivity index (χ0) is 12.1. The lowest BCUT2D eigenvalue weighted by Crippen LogP contribution is -2.24. The van der Waals surface area contributed by atoms with E-state index in [-0.39, 0.29) is 5.91 Å². The summed E-state index contributed by atoms with van der Waals surface area (Å²) in [5.74, 6) is 0.0823. The summed E-state index contributed by atoms with van der Waals surface area (Å²) >= 11 is 1.62. The summed E-state index contributed by atoms with van der Waals surface area (Å²) < 4.78 is 1.16. The minimum atomic E-state index is 0.0823. The highest BCUT2D eigenvalue weighted by atomic mass is 32.1. The molecule has 1 heterocycles. The molecule has 0 saturated heterocycles. The second kappa shape index (κ2) is 5.63. The zero-order valence-electron chi connectivity index (χ0n) is 9.69. The van der Waals surface area contributed by atoms with Crippen LogP contribution in [0.4, 0.5) is 5.69 Å². The van der Waals surface area contributed by atoms with Crippen LogP contribution in [0.25, 0.3) is 10.2 Å². The summed E-state index contributed by atoms with van der Waals surface area (Å²) in [5, 5.41) is 6.00. The number of anilines is 1. The van der Waals surface area contributed by atoms with Gasteiger partial charge in [0, 0.05) is 25.2 Å². The van der Waals surface area contributed by atoms with Gasteiger partial charge in [-0.05, 0) is 25.1 Å². The molecule has 17 heavy (non-hydrogen) atoms. The third-order valence-electron chi connectivity index (χ3n) is 2.39. The van der Waals surface area contributed by atoms with Crippen molar-refractivity contribution in [2.75, 3.05) is 18.4 Å². The Morgan fingerprint density at radius 1 is 1.47 bits per heavy atom. The summed E-state index contributed by atoms with van der Waals surface area (Å²) in [7, 11) is 0. The van der Waals surface area contributed by atoms with Crippen LogP contribution in [-0.2, 0) is 4.79 Å². The minimum Gasteiger partial charge on any atom is -0.384 e. The van der Waals surface area contributed by atoms with Crippen molar-refractivity contribution in [2.45, 2.75) is 13.3 Å². The van der Waals surface area contributed by atoms with Crippen molar-refractivity contribution in [3.63, 3.8) is 0 Å². The van der Waals surface area contributed by atoms with E-state index in [2.05, 4.69) is 21.7 Å². The van der Waals surface area contributed by atoms with E-state index in [9.17, 15) is 4.79 Å². The lowest BCUT2D eigenvalue weighted by Gasteiger charge is -2.06. The Morgan fingerprint density at radius 2 is 2.35 bits per heavy atom. The Labute approximate surface area is 104 Å². The molecule has 0 aliphatic carbocycles. The number of aromatic nitrogens is 1. The van der Waals surface area contributed by atoms with Crippen molar-refractivity contribution in [1.29, 1.82) is 0 Å². The molecular formula is C12H15N3OS. The first-order valence-corrected chi connectivity index (χ1v) is 6.51. The van der Waals surface area contributed by atoms with Crippen molar-refractivity contribution < 1.29 is 4.79 Å². The van der Waals surface area contributed by atoms with Crippen molar-refractivity contribution in [3.05, 3.63) is 23.7 Å². The SMILES string of the molecule is CCNC(=O)CCNc1ccc2ncsc2c1. The lowest BCUT2D eigenvalue weighted by atomic mass is 10.3. The molecule has 0 fully saturated rings. The Kier molecular flexibility index (Phi) is 3.93. The topological polar surface area (TPSA) is 54.0 Å². The molecule has 1 aromatic carbocycles. The van der Waals surface area contributed by atoms with Gasteiger partial charge in [0.15, 0.2) is 0 Å². The molecule has 1 amide bonds. The van der Waals surface area contributed by atoms with E-state index < -0.39 is 0 Å². The molecular weight excluding hydrogens is 234 g/mol. The second-order valence-corrected chi connectivity index (χ2v) is 4.55. The first-order valence-electron chi connectivity index (χ1n) is 5.63. The summed E-state index contributed by atoms with van der Waals surface area (Å²) in [6, 6.07) is 6.03. The molecule has 0 spiro atoms. The molecule has 90 valence electrons. The van der Waals surface area contributed by atoms with Crippen LogP contribution in [0.2, 0.25) is 0 Å². The fraction of sp³-hybridized carbons (Fsp3) is 0.333. The summed E-state index contributed by atoms with van der Waals surface area (Å²) in [6.07, 6.45) is 0.495. The van der Waals surface area contributed by atoms with Crippen molar-refractivity contribution in [1.82, 2.24) is 10.3 Å². The van der Waals surface area contributed by atoms with E-state index in [1.807, 2.05) is 24.6 Å². The molecule has 0 atom stereocenters. The number of fused-ring (bicyclic) bond motifs is 1. The fourth-order valence-electron chi connectivity index (χ4n) is 1.57. The van der Waals surface area contributed by atoms with Crippen LogP contribution in [0.1, 0.15) is 13.3 Å². The van der Waals surface area contributed by atoms with Gasteiger partial charge in [-0.1, -0.05) is 0 Å². The molecule has 0 radical (unpaired) electrons. The van der Waals surface area contributed by atoms with Crippen molar-refractivity contribution in [3.8, 4) is 0 Å². The highest BCUT2D eigenvalue weighted by Gasteiger charge is 2.00. The normalized spacial score (nSPS) is 10.4. The van der Waals surface area contributed by atoms with Crippen LogP contribution in [0.15, 0.2) is 23.7 Å². The van der Waals surface area contributed by atoms with Crippen LogP contribution in [0.3, 0.4) is 0 Å². The van der Waals surface area contributed by atoms with E-state index >= 15 is 0 Å². The number of amides is 1. The number of rotatable bonds is 5. The molecule has 0 aliphatic heterocycles. The van der Waals surface area contributed by atoms with Crippen LogP contribution in [-0.4, -0.2) is 24.0 Å². The summed E-state index contributed by atoms with van der Waals surface area (Å²) in [4.78, 5) is 15.5. The molecule has 0 unspecified atom stereocenters. The molecule has 4 nitrogen and oxygen atoms in total. The van der Waals surface area contributed by atoms with Crippen molar-refractivity contribution >= 4 is 33.1 Å². The third kappa shape index (κ3) is 3.17. The van der Waals surface area contributed by atoms with Gasteiger partial charge >= 0.3 is 0 Å². The van der Waals surface area contributed by atoms with Gasteiger partial charge in [0.1, 0.15) is 0 Å². The highest BCUT2D eigenvalue weighted by molar-refractivity contribution is 7.16. The molecule has 2 rings (SSSR count). The predicted molar refractivity (Wildman–Crippen MR) is 71.4 cm³/mol. The van der Waals surface area contributed by atoms with E-state index in [1.54, 1.807) is 11.3 Å². The predicted octanol–water partition coefficient (Wildman–Crippen LogP) is 2.23. The Balaban J connectivity index is 1.88. The average molecular weight is 249 g/mol. The minimum absolute atomic E-state index is 0.0823. The van der Waals surface area contributed by atoms with Gasteiger partial charge in [0.05, 0.1) is 15.7 Å². The molecule has 1 aromatic heterocycles. The standard InChI is InChI=1S/C12H15N3OS/c1-2-13-12(16)5-6-14-9-3-4-10-11(7-9)17-8-15-10/h3-4,7-8,14H,2,5-6H2,1H3,(H,13,16). The van der Waals surface area contributed by atoms with Gasteiger partial charge in [-0.15, -0.1) is 11.3 Å². The van der Waals surface area contributed by atoms with Crippen LogP contribution < -0.4 is 10.6 Å². The second-order valence-electron chi connectivity index (χ2n) is 3.67. The van der Waals surface area contributed by atoms with Gasteiger partial charge in [-0.25, -0.2) is 4.98 Å². The number of hydrogen-bond acceptors (Lipinski definition) is 4. The number of nitrogens with one attached hydrogen (secondary N) is 2. The van der Waals surface area contributed by atoms with E-state index in [0.717, 1.165) is 15.9 Å². The van der Waals surface area contributed by atoms with Crippen LogP contribution in [0.5, 0.6) is 0 Å². The molecule has 2 N–H and O–H groups in total. The first kappa shape index (κ1) is 11.9. The Morgan fingerprint density at radius 3 is 3.18 bits per heavy atom. The number of carbonyl (C=O) groups excluding carboxylic acids is 1. The van der Waals surface area contributed by atoms with Crippen LogP contribution >= 0.6 is 11.3 Å². The summed E-state index contributed by atoms with van der Waals surface area (Å²) in [6.45, 7) is 3.25. The van der Waals surface area contributed by atoms with E-state index in [1.165, 1.54) is 0 Å². The number of nitrogens with zero attached hydrogens (tertiary/aromatic N) is 1. The quantitative estimate of drug-likeness (QED) is 0.854. The number of carbonyl (C=O) groups is 1. The maximum atomic E-state index is 11.2. The average Bonchev–Trinajstić information content (AvgIpc) is 2.76. The smallest absolute Gasteiger partial charge is 0.221 e. The molecule has 2 aromatic rings. The Bertz CT molecular complexity index is 509. The molecule has 0 saturated carbocycles. The third-order valence-corrected chi connectivity index (χ3v) is 3.18. The van der Waals surface area contributed by atoms with Gasteiger partial charge in [-0.3, -0.25) is 4.79 Å². The molecule has 0 aliphatic rings. The summed E-state index contributed by atoms with van der Waals surface area (Å²) in [5.41, 5.74) is 3.89. The van der Waals surface area contributed by atoms with Gasteiger partial charge in [-0.2, -0.15) is 0 Å². The largest absolute Gasteiger partial charge is 0.384 e. The highest BCUT2D eigenvalue weighted by Crippen LogP contribution is 2.21. The van der Waals surface area contributed by atoms with Crippen molar-refractivity contribution in [2.24, 2.45) is 0 Å². The monoisotopic (exact) mass is 249 g/mol. The zero-order valence-corrected chi connectivity index (χ0v) is 10.5. The maximum absolute atomic E-state index is 11.2. The fourth-order valence-corrected chi connectivity index (χ4v) is 2.29. The first-order chi connectivity index (χ1) is 8.29. The lowest BCUT2D eigenvalue weighted by molar-refractivity contribution is -0.120. The molecule has 0 bridgehead atoms. The number of thiazole rings is 1. The van der Waals surface area contributed by atoms with Gasteiger partial charge in [0.25, 0.3) is 0 Å². The maximum Gasteiger partial charge on any atom is 0.221 e. The number of benzene rings is 1. The van der Waals surface area contributed by atoms with Gasteiger partial charge < -0.3 is 10.6 Å². The van der Waals surface area contributed by atoms with E-state index in [0.29, 0.717) is 19.5 Å². The molecule has 5 heteroatoms. The van der Waals surface area contributed by atoms with E-state index in [4.69, 9.17) is 0 Å². The van der Waals surface area contributed by atoms with Gasteiger partial charge in [0.2, 0.25) is 5.91 Å². The Hall–Kier alpha value is -1.62. The number of hydrogen-bond donors (Lipinski definition) is 2. The van der Waals surface area contributed by atoms with Crippen LogP contribution in [0, 0.1) is 0 Å².